The fraction of sp³-hybridized carbons (Fsp3) is 0.818. The largest absolute Gasteiger partial charge is 0.279 e. The van der Waals surface area contributed by atoms with Gasteiger partial charge in [-0.2, -0.15) is 0 Å². The number of hydrogen-bond donors (Lipinski definition) is 0. The van der Waals surface area contributed by atoms with Crippen LogP contribution in [0.15, 0.2) is 0 Å². The third-order valence-electron chi connectivity index (χ3n) is 2.58. The highest BCUT2D eigenvalue weighted by Crippen LogP contribution is 2.25. The fourth-order valence-electron chi connectivity index (χ4n) is 1.72. The molecule has 1 fully saturated rings. The van der Waals surface area contributed by atoms with Gasteiger partial charge in [-0.05, 0) is 19.8 Å². The van der Waals surface area contributed by atoms with Gasteiger partial charge in [-0.3, -0.25) is 14.5 Å². The van der Waals surface area contributed by atoms with E-state index in [1.807, 2.05) is 27.7 Å². The van der Waals surface area contributed by atoms with Gasteiger partial charge in [-0.25, -0.2) is 0 Å². The number of imide groups is 1. The molecule has 14 heavy (non-hydrogen) atoms. The van der Waals surface area contributed by atoms with Crippen LogP contribution in [-0.2, 0) is 9.59 Å². The maximum Gasteiger partial charge on any atom is 0.234 e. The molecule has 0 saturated carbocycles. The minimum atomic E-state index is -0.457. The topological polar surface area (TPSA) is 37.4 Å². The van der Waals surface area contributed by atoms with Crippen molar-refractivity contribution in [3.63, 3.8) is 0 Å². The van der Waals surface area contributed by atoms with E-state index in [2.05, 4.69) is 0 Å². The van der Waals surface area contributed by atoms with Gasteiger partial charge >= 0.3 is 0 Å². The first-order valence-corrected chi connectivity index (χ1v) is 5.20. The Morgan fingerprint density at radius 1 is 1.43 bits per heavy atom. The SMILES string of the molecule is CC1CCCC(=O)N1C(=O)C(C)(C)C. The summed E-state index contributed by atoms with van der Waals surface area (Å²) in [6.07, 6.45) is 2.37. The number of likely N-dealkylation sites (tertiary alicyclic amines) is 1. The van der Waals surface area contributed by atoms with Crippen molar-refractivity contribution in [2.45, 2.75) is 53.0 Å². The normalized spacial score (nSPS) is 23.9. The van der Waals surface area contributed by atoms with Gasteiger partial charge in [0.2, 0.25) is 11.8 Å². The molecule has 0 aromatic carbocycles. The molecule has 0 radical (unpaired) electrons. The van der Waals surface area contributed by atoms with Gasteiger partial charge < -0.3 is 0 Å². The van der Waals surface area contributed by atoms with E-state index in [-0.39, 0.29) is 17.9 Å². The molecule has 3 nitrogen and oxygen atoms in total. The first-order chi connectivity index (χ1) is 6.34. The molecule has 1 saturated heterocycles. The van der Waals surface area contributed by atoms with Crippen molar-refractivity contribution in [3.05, 3.63) is 0 Å². The molecule has 0 bridgehead atoms. The molecule has 0 aromatic rings. The Balaban J connectivity index is 2.83. The molecule has 80 valence electrons. The highest BCUT2D eigenvalue weighted by atomic mass is 16.2. The van der Waals surface area contributed by atoms with Crippen LogP contribution in [0.1, 0.15) is 47.0 Å². The summed E-state index contributed by atoms with van der Waals surface area (Å²) < 4.78 is 0. The van der Waals surface area contributed by atoms with Gasteiger partial charge in [-0.1, -0.05) is 20.8 Å². The van der Waals surface area contributed by atoms with Gasteiger partial charge in [0.15, 0.2) is 0 Å². The van der Waals surface area contributed by atoms with E-state index in [0.29, 0.717) is 6.42 Å². The third kappa shape index (κ3) is 2.14. The molecule has 1 atom stereocenters. The van der Waals surface area contributed by atoms with Crippen LogP contribution in [0, 0.1) is 5.41 Å². The molecule has 3 heteroatoms. The average Bonchev–Trinajstić information content (AvgIpc) is 2.01. The Labute approximate surface area is 85.5 Å². The number of rotatable bonds is 0. The number of carbonyl (C=O) groups excluding carboxylic acids is 2. The lowest BCUT2D eigenvalue weighted by Crippen LogP contribution is -2.50. The minimum Gasteiger partial charge on any atom is -0.279 e. The van der Waals surface area contributed by atoms with Crippen LogP contribution in [0.5, 0.6) is 0 Å². The van der Waals surface area contributed by atoms with E-state index in [4.69, 9.17) is 0 Å². The molecular weight excluding hydrogens is 178 g/mol. The summed E-state index contributed by atoms with van der Waals surface area (Å²) in [6, 6.07) is 0.0722. The van der Waals surface area contributed by atoms with Crippen molar-refractivity contribution in [2.75, 3.05) is 0 Å². The Bertz CT molecular complexity index is 253. The number of carbonyl (C=O) groups is 2. The Kier molecular flexibility index (Phi) is 2.98. The molecule has 2 amide bonds. The van der Waals surface area contributed by atoms with Gasteiger partial charge in [-0.15, -0.1) is 0 Å². The van der Waals surface area contributed by atoms with E-state index in [0.717, 1.165) is 12.8 Å². The quantitative estimate of drug-likeness (QED) is 0.595. The van der Waals surface area contributed by atoms with Crippen LogP contribution < -0.4 is 0 Å². The van der Waals surface area contributed by atoms with Crippen LogP contribution in [-0.4, -0.2) is 22.8 Å². The maximum absolute atomic E-state index is 11.9. The van der Waals surface area contributed by atoms with Gasteiger partial charge in [0, 0.05) is 17.9 Å². The zero-order valence-electron chi connectivity index (χ0n) is 9.46. The van der Waals surface area contributed by atoms with E-state index in [1.165, 1.54) is 4.90 Å². The van der Waals surface area contributed by atoms with Crippen molar-refractivity contribution in [1.82, 2.24) is 4.90 Å². The molecule has 0 spiro atoms. The van der Waals surface area contributed by atoms with Crippen molar-refractivity contribution in [3.8, 4) is 0 Å². The Morgan fingerprint density at radius 3 is 2.43 bits per heavy atom. The molecule has 0 aromatic heterocycles. The van der Waals surface area contributed by atoms with Crippen molar-refractivity contribution >= 4 is 11.8 Å². The van der Waals surface area contributed by atoms with Crippen molar-refractivity contribution in [1.29, 1.82) is 0 Å². The van der Waals surface area contributed by atoms with E-state index in [1.54, 1.807) is 0 Å². The predicted molar refractivity (Wildman–Crippen MR) is 54.6 cm³/mol. The Morgan fingerprint density at radius 2 is 2.00 bits per heavy atom. The van der Waals surface area contributed by atoms with Crippen molar-refractivity contribution < 1.29 is 9.59 Å². The van der Waals surface area contributed by atoms with Gasteiger partial charge in [0.1, 0.15) is 0 Å². The first-order valence-electron chi connectivity index (χ1n) is 5.20. The molecule has 1 heterocycles. The van der Waals surface area contributed by atoms with Crippen LogP contribution >= 0.6 is 0 Å². The highest BCUT2D eigenvalue weighted by Gasteiger charge is 2.36. The zero-order valence-corrected chi connectivity index (χ0v) is 9.46. The van der Waals surface area contributed by atoms with Crippen molar-refractivity contribution in [2.24, 2.45) is 5.41 Å². The first kappa shape index (κ1) is 11.2. The summed E-state index contributed by atoms with van der Waals surface area (Å²) in [6.45, 7) is 7.50. The molecular formula is C11H19NO2. The van der Waals surface area contributed by atoms with Crippen LogP contribution in [0.2, 0.25) is 0 Å². The standard InChI is InChI=1S/C11H19NO2/c1-8-6-5-7-9(13)12(8)10(14)11(2,3)4/h8H,5-7H2,1-4H3. The van der Waals surface area contributed by atoms with Gasteiger partial charge in [0.25, 0.3) is 0 Å². The molecule has 1 unspecified atom stereocenters. The number of nitrogens with zero attached hydrogens (tertiary/aromatic N) is 1. The summed E-state index contributed by atoms with van der Waals surface area (Å²) in [5.74, 6) is -0.0571. The van der Waals surface area contributed by atoms with Gasteiger partial charge in [0.05, 0.1) is 0 Å². The lowest BCUT2D eigenvalue weighted by atomic mass is 9.91. The maximum atomic E-state index is 11.9. The second-order valence-corrected chi connectivity index (χ2v) is 5.06. The van der Waals surface area contributed by atoms with E-state index < -0.39 is 5.41 Å². The smallest absolute Gasteiger partial charge is 0.234 e. The molecule has 1 aliphatic heterocycles. The molecule has 1 aliphatic rings. The van der Waals surface area contributed by atoms with Crippen LogP contribution in [0.3, 0.4) is 0 Å². The minimum absolute atomic E-state index is 0.0105. The van der Waals surface area contributed by atoms with Crippen LogP contribution in [0.25, 0.3) is 0 Å². The number of hydrogen-bond acceptors (Lipinski definition) is 2. The third-order valence-corrected chi connectivity index (χ3v) is 2.58. The van der Waals surface area contributed by atoms with Crippen LogP contribution in [0.4, 0.5) is 0 Å². The van der Waals surface area contributed by atoms with E-state index in [9.17, 15) is 9.59 Å². The predicted octanol–water partition coefficient (Wildman–Crippen LogP) is 1.96. The highest BCUT2D eigenvalue weighted by molar-refractivity contribution is 5.98. The molecule has 1 rings (SSSR count). The summed E-state index contributed by atoms with van der Waals surface area (Å²) in [7, 11) is 0. The zero-order chi connectivity index (χ0) is 10.9. The number of piperidine rings is 1. The lowest BCUT2D eigenvalue weighted by Gasteiger charge is -2.35. The second-order valence-electron chi connectivity index (χ2n) is 5.06. The lowest BCUT2D eigenvalue weighted by molar-refractivity contribution is -0.154. The van der Waals surface area contributed by atoms with E-state index >= 15 is 0 Å². The number of amides is 2. The second kappa shape index (κ2) is 3.71. The summed E-state index contributed by atoms with van der Waals surface area (Å²) in [4.78, 5) is 25.0. The molecule has 0 N–H and O–H groups in total. The summed E-state index contributed by atoms with van der Waals surface area (Å²) in [5.41, 5.74) is -0.457. The molecule has 0 aliphatic carbocycles. The summed E-state index contributed by atoms with van der Waals surface area (Å²) >= 11 is 0. The monoisotopic (exact) mass is 197 g/mol. The fourth-order valence-corrected chi connectivity index (χ4v) is 1.72. The summed E-state index contributed by atoms with van der Waals surface area (Å²) in [5, 5.41) is 0. The Hall–Kier alpha value is -0.860. The average molecular weight is 197 g/mol.